The van der Waals surface area contributed by atoms with E-state index in [1.54, 1.807) is 24.4 Å². The highest BCUT2D eigenvalue weighted by Gasteiger charge is 2.27. The maximum absolute atomic E-state index is 12.7. The minimum absolute atomic E-state index is 0.0138. The van der Waals surface area contributed by atoms with E-state index in [2.05, 4.69) is 16.0 Å². The monoisotopic (exact) mass is 451 g/mol. The topological polar surface area (TPSA) is 96.4 Å². The molecule has 32 heavy (non-hydrogen) atoms. The Morgan fingerprint density at radius 2 is 2.06 bits per heavy atom. The van der Waals surface area contributed by atoms with Crippen LogP contribution in [-0.4, -0.2) is 24.0 Å². The smallest absolute Gasteiger partial charge is 0.336 e. The number of halogens is 1. The third-order valence-electron chi connectivity index (χ3n) is 5.78. The van der Waals surface area contributed by atoms with E-state index in [4.69, 9.17) is 26.0 Å². The molecular formula is C24H22ClN3O4. The van der Waals surface area contributed by atoms with Gasteiger partial charge in [0.1, 0.15) is 24.1 Å². The average molecular weight is 452 g/mol. The lowest BCUT2D eigenvalue weighted by Gasteiger charge is -2.31. The highest BCUT2D eigenvalue weighted by molar-refractivity contribution is 6.32. The van der Waals surface area contributed by atoms with E-state index < -0.39 is 5.63 Å². The van der Waals surface area contributed by atoms with Crippen molar-refractivity contribution in [1.82, 2.24) is 4.98 Å². The number of carbonyl (C=O) groups is 1. The van der Waals surface area contributed by atoms with E-state index in [1.165, 1.54) is 6.07 Å². The van der Waals surface area contributed by atoms with Gasteiger partial charge < -0.3 is 14.1 Å². The maximum Gasteiger partial charge on any atom is 0.336 e. The van der Waals surface area contributed by atoms with E-state index in [9.17, 15) is 9.59 Å². The standard InChI is InChI=1S/C24H22ClN3O4/c1-2-16-9-21-19(11-20(16)25)18(10-23(29)32-21)14-31-24(30)17-5-7-28(8-6-17)22-4-3-15(12-26)13-27-22/h3-4,9-11,13,17H,2,5-8,14H2,1H3. The van der Waals surface area contributed by atoms with Crippen molar-refractivity contribution in [2.75, 3.05) is 18.0 Å². The Kier molecular flexibility index (Phi) is 6.42. The largest absolute Gasteiger partial charge is 0.461 e. The number of benzene rings is 1. The summed E-state index contributed by atoms with van der Waals surface area (Å²) in [5.41, 5.74) is 1.93. The minimum Gasteiger partial charge on any atom is -0.461 e. The normalized spacial score (nSPS) is 14.3. The number of ether oxygens (including phenoxy) is 1. The number of anilines is 1. The van der Waals surface area contributed by atoms with Gasteiger partial charge in [0.15, 0.2) is 0 Å². The van der Waals surface area contributed by atoms with Crippen molar-refractivity contribution in [2.45, 2.75) is 32.8 Å². The molecule has 0 atom stereocenters. The number of piperidine rings is 1. The van der Waals surface area contributed by atoms with Crippen molar-refractivity contribution in [3.63, 3.8) is 0 Å². The van der Waals surface area contributed by atoms with Crippen LogP contribution in [0.4, 0.5) is 5.82 Å². The molecule has 1 fully saturated rings. The van der Waals surface area contributed by atoms with E-state index in [0.29, 0.717) is 59.5 Å². The van der Waals surface area contributed by atoms with Gasteiger partial charge in [-0.25, -0.2) is 9.78 Å². The zero-order valence-electron chi connectivity index (χ0n) is 17.6. The zero-order valence-corrected chi connectivity index (χ0v) is 18.4. The molecule has 0 amide bonds. The van der Waals surface area contributed by atoms with Crippen LogP contribution >= 0.6 is 11.6 Å². The number of carbonyl (C=O) groups excluding carboxylic acids is 1. The Hall–Kier alpha value is -3.37. The van der Waals surface area contributed by atoms with Gasteiger partial charge in [0.05, 0.1) is 11.5 Å². The highest BCUT2D eigenvalue weighted by Crippen LogP contribution is 2.27. The maximum atomic E-state index is 12.7. The molecule has 0 spiro atoms. The fraction of sp³-hybridized carbons (Fsp3) is 0.333. The van der Waals surface area contributed by atoms with E-state index in [0.717, 1.165) is 11.4 Å². The van der Waals surface area contributed by atoms with Gasteiger partial charge in [-0.1, -0.05) is 18.5 Å². The number of pyridine rings is 1. The number of aromatic nitrogens is 1. The number of aryl methyl sites for hydroxylation is 1. The number of esters is 1. The highest BCUT2D eigenvalue weighted by atomic mass is 35.5. The number of hydrogen-bond donors (Lipinski definition) is 0. The van der Waals surface area contributed by atoms with E-state index in [1.807, 2.05) is 13.0 Å². The van der Waals surface area contributed by atoms with E-state index >= 15 is 0 Å². The van der Waals surface area contributed by atoms with Crippen LogP contribution < -0.4 is 10.5 Å². The van der Waals surface area contributed by atoms with Gasteiger partial charge in [-0.15, -0.1) is 0 Å². The molecule has 0 radical (unpaired) electrons. The molecular weight excluding hydrogens is 430 g/mol. The number of nitrogens with zero attached hydrogens (tertiary/aromatic N) is 3. The van der Waals surface area contributed by atoms with Crippen LogP contribution in [0.5, 0.6) is 0 Å². The van der Waals surface area contributed by atoms with Gasteiger partial charge in [-0.3, -0.25) is 4.79 Å². The molecule has 1 saturated heterocycles. The molecule has 3 aromatic rings. The molecule has 4 rings (SSSR count). The summed E-state index contributed by atoms with van der Waals surface area (Å²) in [5.74, 6) is 0.294. The molecule has 0 aliphatic carbocycles. The van der Waals surface area contributed by atoms with Crippen LogP contribution in [0.15, 0.2) is 45.7 Å². The molecule has 2 aromatic heterocycles. The van der Waals surface area contributed by atoms with Crippen LogP contribution in [0.1, 0.15) is 36.5 Å². The Morgan fingerprint density at radius 1 is 1.28 bits per heavy atom. The van der Waals surface area contributed by atoms with Gasteiger partial charge >= 0.3 is 11.6 Å². The average Bonchev–Trinajstić information content (AvgIpc) is 2.82. The van der Waals surface area contributed by atoms with Crippen LogP contribution in [0.2, 0.25) is 5.02 Å². The van der Waals surface area contributed by atoms with Crippen LogP contribution in [0, 0.1) is 17.2 Å². The molecule has 8 heteroatoms. The third-order valence-corrected chi connectivity index (χ3v) is 6.13. The van der Waals surface area contributed by atoms with Crippen LogP contribution in [0.25, 0.3) is 11.0 Å². The van der Waals surface area contributed by atoms with Crippen molar-refractivity contribution < 1.29 is 13.9 Å². The second-order valence-electron chi connectivity index (χ2n) is 7.77. The summed E-state index contributed by atoms with van der Waals surface area (Å²) in [4.78, 5) is 31.0. The quantitative estimate of drug-likeness (QED) is 0.423. The lowest BCUT2D eigenvalue weighted by Crippen LogP contribution is -2.37. The predicted molar refractivity (Wildman–Crippen MR) is 121 cm³/mol. The summed E-state index contributed by atoms with van der Waals surface area (Å²) < 4.78 is 10.9. The first kappa shape index (κ1) is 21.8. The molecule has 1 aromatic carbocycles. The second-order valence-corrected chi connectivity index (χ2v) is 8.18. The Balaban J connectivity index is 1.40. The summed E-state index contributed by atoms with van der Waals surface area (Å²) in [6, 6.07) is 10.5. The van der Waals surface area contributed by atoms with Gasteiger partial charge in [0.25, 0.3) is 0 Å². The lowest BCUT2D eigenvalue weighted by atomic mass is 9.97. The minimum atomic E-state index is -0.490. The molecule has 164 valence electrons. The van der Waals surface area contributed by atoms with E-state index in [-0.39, 0.29) is 18.5 Å². The second kappa shape index (κ2) is 9.41. The Labute approximate surface area is 190 Å². The molecule has 1 aliphatic rings. The van der Waals surface area contributed by atoms with Crippen molar-refractivity contribution >= 4 is 34.4 Å². The van der Waals surface area contributed by atoms with Crippen LogP contribution in [0.3, 0.4) is 0 Å². The summed E-state index contributed by atoms with van der Waals surface area (Å²) >= 11 is 6.33. The van der Waals surface area contributed by atoms with Gasteiger partial charge in [0, 0.05) is 41.3 Å². The molecule has 1 aliphatic heterocycles. The Bertz CT molecular complexity index is 1240. The molecule has 0 saturated carbocycles. The zero-order chi connectivity index (χ0) is 22.7. The summed E-state index contributed by atoms with van der Waals surface area (Å²) in [7, 11) is 0. The summed E-state index contributed by atoms with van der Waals surface area (Å²) in [6.07, 6.45) is 3.55. The van der Waals surface area contributed by atoms with Crippen molar-refractivity contribution in [1.29, 1.82) is 5.26 Å². The fourth-order valence-electron chi connectivity index (χ4n) is 3.93. The first-order chi connectivity index (χ1) is 15.5. The van der Waals surface area contributed by atoms with Gasteiger partial charge in [-0.2, -0.15) is 5.26 Å². The SMILES string of the molecule is CCc1cc2oc(=O)cc(COC(=O)C3CCN(c4ccc(C#N)cn4)CC3)c2cc1Cl. The molecule has 3 heterocycles. The molecule has 7 nitrogen and oxygen atoms in total. The first-order valence-electron chi connectivity index (χ1n) is 10.5. The van der Waals surface area contributed by atoms with Crippen molar-refractivity contribution in [3.8, 4) is 6.07 Å². The number of fused-ring (bicyclic) bond motifs is 1. The van der Waals surface area contributed by atoms with Crippen LogP contribution in [-0.2, 0) is 22.6 Å². The van der Waals surface area contributed by atoms with Crippen molar-refractivity contribution in [2.24, 2.45) is 5.92 Å². The summed E-state index contributed by atoms with van der Waals surface area (Å²) in [5, 5.41) is 10.2. The summed E-state index contributed by atoms with van der Waals surface area (Å²) in [6.45, 7) is 3.30. The van der Waals surface area contributed by atoms with Gasteiger partial charge in [-0.05, 0) is 49.1 Å². The number of hydrogen-bond acceptors (Lipinski definition) is 7. The lowest BCUT2D eigenvalue weighted by molar-refractivity contribution is -0.150. The Morgan fingerprint density at radius 3 is 2.72 bits per heavy atom. The number of rotatable bonds is 5. The molecule has 0 unspecified atom stereocenters. The third kappa shape index (κ3) is 4.61. The first-order valence-corrected chi connectivity index (χ1v) is 10.9. The number of nitriles is 1. The molecule has 0 bridgehead atoms. The van der Waals surface area contributed by atoms with Crippen molar-refractivity contribution in [3.05, 3.63) is 68.7 Å². The fourth-order valence-corrected chi connectivity index (χ4v) is 4.23. The predicted octanol–water partition coefficient (Wildman–Crippen LogP) is 4.24. The van der Waals surface area contributed by atoms with Gasteiger partial charge in [0.2, 0.25) is 0 Å². The molecule has 0 N–H and O–H groups in total.